The predicted molar refractivity (Wildman–Crippen MR) is 168 cm³/mol. The lowest BCUT2D eigenvalue weighted by molar-refractivity contribution is -0.143. The van der Waals surface area contributed by atoms with Gasteiger partial charge in [0.1, 0.15) is 5.75 Å². The number of halogens is 9. The molecule has 2 heterocycles. The Morgan fingerprint density at radius 1 is 0.857 bits per heavy atom. The highest BCUT2D eigenvalue weighted by Crippen LogP contribution is 2.66. The molecule has 3 fully saturated rings. The molecule has 1 saturated carbocycles. The lowest BCUT2D eigenvalue weighted by atomic mass is 9.56. The molecule has 2 aliphatic carbocycles. The summed E-state index contributed by atoms with van der Waals surface area (Å²) < 4.78 is 82.3. The molecular formula is C33H21BrCl2F6N2O5. The average molecular weight is 790 g/mol. The third-order valence-electron chi connectivity index (χ3n) is 10.1. The van der Waals surface area contributed by atoms with Crippen molar-refractivity contribution in [3.63, 3.8) is 0 Å². The van der Waals surface area contributed by atoms with E-state index >= 15 is 0 Å². The van der Waals surface area contributed by atoms with E-state index in [0.29, 0.717) is 27.8 Å². The van der Waals surface area contributed by atoms with Crippen LogP contribution in [0.3, 0.4) is 0 Å². The predicted octanol–water partition coefficient (Wildman–Crippen LogP) is 7.50. The van der Waals surface area contributed by atoms with E-state index in [-0.39, 0.29) is 34.8 Å². The molecule has 6 atom stereocenters. The lowest BCUT2D eigenvalue weighted by Gasteiger charge is -2.50. The number of phenolic OH excluding ortho intramolecular Hbond substituents is 1. The van der Waals surface area contributed by atoms with Gasteiger partial charge in [0.05, 0.1) is 34.1 Å². The molecule has 7 nitrogen and oxygen atoms in total. The van der Waals surface area contributed by atoms with E-state index in [1.54, 1.807) is 30.3 Å². The van der Waals surface area contributed by atoms with E-state index in [1.165, 1.54) is 12.1 Å². The SMILES string of the molecule is O=C1C2CC=C3C(CC4(Cl)C(=O)N(CBr)C(=O)C4(Cl)C3c3ccc4ccccc4c3O)C2C(=O)N1c1cc(C(F)(F)F)cc(C(F)(F)F)c1. The van der Waals surface area contributed by atoms with Gasteiger partial charge in [0, 0.05) is 16.9 Å². The molecule has 0 spiro atoms. The Bertz CT molecular complexity index is 2010. The van der Waals surface area contributed by atoms with E-state index in [0.717, 1.165) is 4.90 Å². The Hall–Kier alpha value is -3.62. The van der Waals surface area contributed by atoms with Gasteiger partial charge >= 0.3 is 12.4 Å². The first-order chi connectivity index (χ1) is 22.9. The molecule has 4 aliphatic rings. The molecule has 256 valence electrons. The van der Waals surface area contributed by atoms with Gasteiger partial charge in [-0.25, -0.2) is 4.90 Å². The highest BCUT2D eigenvalue weighted by molar-refractivity contribution is 9.09. The van der Waals surface area contributed by atoms with Crippen LogP contribution in [0.2, 0.25) is 0 Å². The molecule has 0 bridgehead atoms. The van der Waals surface area contributed by atoms with Crippen molar-refractivity contribution in [3.8, 4) is 5.75 Å². The van der Waals surface area contributed by atoms with Crippen molar-refractivity contribution < 1.29 is 50.6 Å². The Morgan fingerprint density at radius 2 is 1.49 bits per heavy atom. The zero-order chi connectivity index (χ0) is 35.6. The maximum absolute atomic E-state index is 14.2. The first-order valence-corrected chi connectivity index (χ1v) is 16.6. The molecule has 0 radical (unpaired) electrons. The number of benzene rings is 3. The number of imide groups is 2. The number of nitrogens with zero attached hydrogens (tertiary/aromatic N) is 2. The second kappa shape index (κ2) is 10.9. The second-order valence-corrected chi connectivity index (χ2v) is 14.2. The lowest BCUT2D eigenvalue weighted by Crippen LogP contribution is -2.60. The van der Waals surface area contributed by atoms with Crippen molar-refractivity contribution in [2.24, 2.45) is 17.8 Å². The van der Waals surface area contributed by atoms with Crippen LogP contribution in [-0.2, 0) is 31.5 Å². The minimum Gasteiger partial charge on any atom is -0.507 e. The Balaban J connectivity index is 1.40. The van der Waals surface area contributed by atoms with E-state index in [4.69, 9.17) is 23.2 Å². The van der Waals surface area contributed by atoms with Crippen LogP contribution in [0.1, 0.15) is 35.4 Å². The smallest absolute Gasteiger partial charge is 0.416 e. The number of fused-ring (bicyclic) bond motifs is 5. The van der Waals surface area contributed by atoms with Crippen LogP contribution < -0.4 is 4.90 Å². The van der Waals surface area contributed by atoms with Crippen molar-refractivity contribution in [2.75, 3.05) is 10.4 Å². The van der Waals surface area contributed by atoms with Crippen LogP contribution in [0, 0.1) is 17.8 Å². The average Bonchev–Trinajstić information content (AvgIpc) is 3.38. The highest BCUT2D eigenvalue weighted by Gasteiger charge is 2.76. The van der Waals surface area contributed by atoms with Crippen LogP contribution in [0.4, 0.5) is 32.0 Å². The Morgan fingerprint density at radius 3 is 2.10 bits per heavy atom. The number of allylic oxidation sites excluding steroid dienone is 2. The van der Waals surface area contributed by atoms with Gasteiger partial charge in [-0.15, -0.1) is 23.2 Å². The molecule has 4 amide bonds. The number of phenols is 1. The summed E-state index contributed by atoms with van der Waals surface area (Å²) in [5, 5.41) is 12.6. The monoisotopic (exact) mass is 788 g/mol. The second-order valence-electron chi connectivity index (χ2n) is 12.5. The minimum absolute atomic E-state index is 0.0898. The number of likely N-dealkylation sites (tertiary alicyclic amines) is 1. The molecule has 49 heavy (non-hydrogen) atoms. The van der Waals surface area contributed by atoms with Gasteiger partial charge in [0.25, 0.3) is 11.8 Å². The first-order valence-electron chi connectivity index (χ1n) is 14.7. The number of carbonyl (C=O) groups excluding carboxylic acids is 4. The molecule has 3 aromatic carbocycles. The summed E-state index contributed by atoms with van der Waals surface area (Å²) in [5.74, 6) is -9.37. The van der Waals surface area contributed by atoms with E-state index < -0.39 is 92.6 Å². The summed E-state index contributed by atoms with van der Waals surface area (Å²) in [7, 11) is 0. The fraction of sp³-hybridized carbons (Fsp3) is 0.333. The number of hydrogen-bond donors (Lipinski definition) is 1. The van der Waals surface area contributed by atoms with Gasteiger partial charge in [-0.2, -0.15) is 26.3 Å². The fourth-order valence-corrected chi connectivity index (χ4v) is 9.34. The number of hydrogen-bond acceptors (Lipinski definition) is 5. The fourth-order valence-electron chi connectivity index (χ4n) is 7.93. The van der Waals surface area contributed by atoms with Gasteiger partial charge in [0.15, 0.2) is 9.75 Å². The summed E-state index contributed by atoms with van der Waals surface area (Å²) in [4.78, 5) is 52.4. The topological polar surface area (TPSA) is 95.0 Å². The number of anilines is 1. The molecular weight excluding hydrogens is 769 g/mol. The number of alkyl halides is 9. The quantitative estimate of drug-likeness (QED) is 0.0976. The van der Waals surface area contributed by atoms with Gasteiger partial charge < -0.3 is 5.11 Å². The third kappa shape index (κ3) is 4.62. The van der Waals surface area contributed by atoms with E-state index in [1.807, 2.05) is 0 Å². The standard InChI is InChI=1S/C33H21BrCl2F6N2O5/c34-13-43-28(48)30(35)12-22-19(24(31(30,36)29(43)49)21-6-5-14-3-1-2-4-18(14)25(21)45)7-8-20-23(22)27(47)44(26(20)46)17-10-15(32(37,38)39)9-16(11-17)33(40,41)42/h1-7,9-11,20,22-24,45H,8,12-13H2. The Kier molecular flexibility index (Phi) is 7.56. The number of aromatic hydroxyl groups is 1. The minimum atomic E-state index is -5.24. The van der Waals surface area contributed by atoms with E-state index in [9.17, 15) is 50.6 Å². The molecule has 2 saturated heterocycles. The summed E-state index contributed by atoms with van der Waals surface area (Å²) in [6.45, 7) is 0. The van der Waals surface area contributed by atoms with Gasteiger partial charge in [-0.05, 0) is 42.3 Å². The summed E-state index contributed by atoms with van der Waals surface area (Å²) in [5.41, 5.74) is -4.29. The summed E-state index contributed by atoms with van der Waals surface area (Å²) in [6.07, 6.45) is -9.64. The van der Waals surface area contributed by atoms with Crippen molar-refractivity contribution >= 4 is 79.2 Å². The Labute approximate surface area is 291 Å². The maximum Gasteiger partial charge on any atom is 0.416 e. The maximum atomic E-state index is 14.2. The number of rotatable bonds is 3. The molecule has 3 aromatic rings. The molecule has 0 aromatic heterocycles. The van der Waals surface area contributed by atoms with Crippen molar-refractivity contribution in [3.05, 3.63) is 82.9 Å². The highest BCUT2D eigenvalue weighted by atomic mass is 79.9. The molecule has 16 heteroatoms. The van der Waals surface area contributed by atoms with Gasteiger partial charge in [0.2, 0.25) is 11.8 Å². The van der Waals surface area contributed by atoms with Crippen molar-refractivity contribution in [1.82, 2.24) is 4.90 Å². The van der Waals surface area contributed by atoms with Crippen molar-refractivity contribution in [2.45, 2.75) is 40.9 Å². The van der Waals surface area contributed by atoms with Crippen LogP contribution in [-0.4, -0.2) is 48.8 Å². The molecule has 7 rings (SSSR count). The molecule has 6 unspecified atom stereocenters. The van der Waals surface area contributed by atoms with Crippen LogP contribution in [0.5, 0.6) is 5.75 Å². The zero-order valence-electron chi connectivity index (χ0n) is 24.6. The largest absolute Gasteiger partial charge is 0.507 e. The third-order valence-corrected chi connectivity index (χ3v) is 12.0. The zero-order valence-corrected chi connectivity index (χ0v) is 27.7. The van der Waals surface area contributed by atoms with E-state index in [2.05, 4.69) is 15.9 Å². The van der Waals surface area contributed by atoms with Crippen LogP contribution >= 0.6 is 39.1 Å². The number of amides is 4. The van der Waals surface area contributed by atoms with Gasteiger partial charge in [-0.1, -0.05) is 64.0 Å². The van der Waals surface area contributed by atoms with Crippen LogP contribution in [0.15, 0.2) is 66.2 Å². The first kappa shape index (κ1) is 33.9. The summed E-state index contributed by atoms with van der Waals surface area (Å²) in [6, 6.07) is 10.4. The molecule has 1 N–H and O–H groups in total. The van der Waals surface area contributed by atoms with Gasteiger partial charge in [-0.3, -0.25) is 24.1 Å². The van der Waals surface area contributed by atoms with Crippen molar-refractivity contribution in [1.29, 1.82) is 0 Å². The number of carbonyl (C=O) groups is 4. The molecule has 2 aliphatic heterocycles. The summed E-state index contributed by atoms with van der Waals surface area (Å²) >= 11 is 17.5. The van der Waals surface area contributed by atoms with Crippen LogP contribution in [0.25, 0.3) is 10.8 Å². The normalized spacial score (nSPS) is 30.1.